The van der Waals surface area contributed by atoms with E-state index in [9.17, 15) is 5.26 Å². The van der Waals surface area contributed by atoms with Crippen LogP contribution in [0.4, 0.5) is 5.69 Å². The Bertz CT molecular complexity index is 3480. The third-order valence-corrected chi connectivity index (χ3v) is 11.4. The highest BCUT2D eigenvalue weighted by Crippen LogP contribution is 2.46. The Hall–Kier alpha value is -8.58. The predicted molar refractivity (Wildman–Crippen MR) is 243 cm³/mol. The van der Waals surface area contributed by atoms with Crippen LogP contribution in [-0.4, -0.2) is 19.1 Å². The molecule has 278 valence electrons. The van der Waals surface area contributed by atoms with Gasteiger partial charge in [-0.15, -0.1) is 0 Å². The van der Waals surface area contributed by atoms with Gasteiger partial charge in [-0.3, -0.25) is 0 Å². The second-order valence-electron chi connectivity index (χ2n) is 14.7. The normalized spacial score (nSPS) is 11.3. The minimum absolute atomic E-state index is 0.402. The summed E-state index contributed by atoms with van der Waals surface area (Å²) in [6, 6.07) is 68.3. The zero-order chi connectivity index (χ0) is 40.2. The molecule has 0 unspecified atom stereocenters. The Kier molecular flexibility index (Phi) is 8.15. The standard InChI is InChI=1S/C54H32N6/c1-56-46-33-37(54-57-50(35-17-6-2-7-18-35)45(34-55)51(58-54)36-19-8-3-9-20-36)29-30-40(46)42-26-16-27-44-49-48(60(52(42)44)39-23-12-5-13-24-39)32-31-43-41-25-14-15-28-47(41)59(53(43)49)38-21-10-4-11-22-38/h2-33H. The van der Waals surface area contributed by atoms with Crippen LogP contribution in [0, 0.1) is 17.9 Å². The molecule has 8 aromatic carbocycles. The predicted octanol–water partition coefficient (Wildman–Crippen LogP) is 13.8. The SMILES string of the molecule is [C-]#[N+]c1cc(-c2nc(-c3ccccc3)c(C#N)c(-c3ccccc3)n2)ccc1-c1cccc2c3c(ccc4c5ccccc5n(-c5ccccc5)c43)n(-c3ccccc3)c12. The van der Waals surface area contributed by atoms with Crippen molar-refractivity contribution in [2.75, 3.05) is 0 Å². The lowest BCUT2D eigenvalue weighted by atomic mass is 9.97. The number of para-hydroxylation sites is 4. The molecule has 0 aliphatic carbocycles. The molecule has 0 N–H and O–H groups in total. The maximum Gasteiger partial charge on any atom is 0.195 e. The van der Waals surface area contributed by atoms with Gasteiger partial charge in [0.15, 0.2) is 11.5 Å². The molecule has 11 rings (SSSR count). The molecular formula is C54H32N6. The molecule has 0 amide bonds. The molecule has 6 heteroatoms. The summed E-state index contributed by atoms with van der Waals surface area (Å²) < 4.78 is 4.73. The van der Waals surface area contributed by atoms with Crippen LogP contribution in [0.3, 0.4) is 0 Å². The molecule has 3 heterocycles. The second-order valence-corrected chi connectivity index (χ2v) is 14.7. The molecular weight excluding hydrogens is 733 g/mol. The van der Waals surface area contributed by atoms with E-state index >= 15 is 0 Å². The largest absolute Gasteiger partial charge is 0.309 e. The van der Waals surface area contributed by atoms with Crippen LogP contribution in [-0.2, 0) is 0 Å². The van der Waals surface area contributed by atoms with Gasteiger partial charge in [-0.05, 0) is 53.6 Å². The molecule has 0 radical (unpaired) electrons. The Labute approximate surface area is 346 Å². The van der Waals surface area contributed by atoms with E-state index in [1.54, 1.807) is 0 Å². The topological polar surface area (TPSA) is 63.8 Å². The third kappa shape index (κ3) is 5.40. The van der Waals surface area contributed by atoms with E-state index in [4.69, 9.17) is 16.5 Å². The lowest BCUT2D eigenvalue weighted by molar-refractivity contribution is 1.17. The summed E-state index contributed by atoms with van der Waals surface area (Å²) in [6.07, 6.45) is 0. The first-order valence-electron chi connectivity index (χ1n) is 19.8. The van der Waals surface area contributed by atoms with Crippen LogP contribution < -0.4 is 0 Å². The van der Waals surface area contributed by atoms with Gasteiger partial charge in [0, 0.05) is 49.6 Å². The average molecular weight is 765 g/mol. The number of rotatable bonds is 6. The van der Waals surface area contributed by atoms with E-state index in [1.807, 2.05) is 84.9 Å². The Morgan fingerprint density at radius 1 is 0.467 bits per heavy atom. The monoisotopic (exact) mass is 764 g/mol. The molecule has 0 atom stereocenters. The smallest absolute Gasteiger partial charge is 0.195 e. The molecule has 0 spiro atoms. The maximum absolute atomic E-state index is 10.5. The van der Waals surface area contributed by atoms with Gasteiger partial charge >= 0.3 is 0 Å². The highest BCUT2D eigenvalue weighted by Gasteiger charge is 2.24. The average Bonchev–Trinajstić information content (AvgIpc) is 3.85. The summed E-state index contributed by atoms with van der Waals surface area (Å²) in [4.78, 5) is 14.2. The molecule has 6 nitrogen and oxygen atoms in total. The summed E-state index contributed by atoms with van der Waals surface area (Å²) in [5.74, 6) is 0.441. The van der Waals surface area contributed by atoms with Crippen LogP contribution in [0.5, 0.6) is 0 Å². The van der Waals surface area contributed by atoms with Crippen molar-refractivity contribution < 1.29 is 0 Å². The van der Waals surface area contributed by atoms with E-state index in [0.29, 0.717) is 34.0 Å². The number of hydrogen-bond acceptors (Lipinski definition) is 3. The molecule has 3 aromatic heterocycles. The molecule has 0 saturated heterocycles. The summed E-state index contributed by atoms with van der Waals surface area (Å²) >= 11 is 0. The minimum Gasteiger partial charge on any atom is -0.309 e. The van der Waals surface area contributed by atoms with E-state index in [2.05, 4.69) is 129 Å². The maximum atomic E-state index is 10.5. The molecule has 0 saturated carbocycles. The summed E-state index contributed by atoms with van der Waals surface area (Å²) in [5.41, 5.74) is 12.5. The van der Waals surface area contributed by atoms with Crippen molar-refractivity contribution in [3.8, 4) is 62.5 Å². The first kappa shape index (κ1) is 34.7. The van der Waals surface area contributed by atoms with Gasteiger partial charge in [0.25, 0.3) is 0 Å². The highest BCUT2D eigenvalue weighted by atomic mass is 15.0. The summed E-state index contributed by atoms with van der Waals surface area (Å²) in [5, 5.41) is 15.1. The van der Waals surface area contributed by atoms with Crippen LogP contribution >= 0.6 is 0 Å². The lowest BCUT2D eigenvalue weighted by Gasteiger charge is -2.14. The van der Waals surface area contributed by atoms with Crippen molar-refractivity contribution in [1.82, 2.24) is 19.1 Å². The fourth-order valence-electron chi connectivity index (χ4n) is 8.81. The Balaban J connectivity index is 1.18. The van der Waals surface area contributed by atoms with Crippen LogP contribution in [0.15, 0.2) is 194 Å². The van der Waals surface area contributed by atoms with Gasteiger partial charge < -0.3 is 9.13 Å². The fourth-order valence-corrected chi connectivity index (χ4v) is 8.81. The third-order valence-electron chi connectivity index (χ3n) is 11.4. The van der Waals surface area contributed by atoms with Crippen LogP contribution in [0.1, 0.15) is 5.56 Å². The minimum atomic E-state index is 0.402. The van der Waals surface area contributed by atoms with E-state index in [0.717, 1.165) is 66.5 Å². The Morgan fingerprint density at radius 3 is 1.65 bits per heavy atom. The number of nitriles is 1. The van der Waals surface area contributed by atoms with Crippen LogP contribution in [0.2, 0.25) is 0 Å². The Morgan fingerprint density at radius 2 is 1.03 bits per heavy atom. The van der Waals surface area contributed by atoms with E-state index in [-0.39, 0.29) is 0 Å². The highest BCUT2D eigenvalue weighted by molar-refractivity contribution is 6.27. The molecule has 11 aromatic rings. The van der Waals surface area contributed by atoms with Gasteiger partial charge in [-0.2, -0.15) is 5.26 Å². The number of fused-ring (bicyclic) bond motifs is 7. The first-order chi connectivity index (χ1) is 29.7. The molecule has 0 aliphatic heterocycles. The zero-order valence-electron chi connectivity index (χ0n) is 32.2. The van der Waals surface area contributed by atoms with Crippen molar-refractivity contribution in [1.29, 1.82) is 5.26 Å². The molecule has 60 heavy (non-hydrogen) atoms. The molecule has 0 aliphatic rings. The molecule has 0 fully saturated rings. The zero-order valence-corrected chi connectivity index (χ0v) is 32.2. The van der Waals surface area contributed by atoms with Crippen molar-refractivity contribution in [2.24, 2.45) is 0 Å². The van der Waals surface area contributed by atoms with Gasteiger partial charge in [-0.25, -0.2) is 14.8 Å². The number of hydrogen-bond donors (Lipinski definition) is 0. The van der Waals surface area contributed by atoms with Crippen molar-refractivity contribution in [3.05, 3.63) is 211 Å². The van der Waals surface area contributed by atoms with E-state index in [1.165, 1.54) is 10.8 Å². The van der Waals surface area contributed by atoms with Gasteiger partial charge in [-0.1, -0.05) is 152 Å². The van der Waals surface area contributed by atoms with E-state index < -0.39 is 0 Å². The lowest BCUT2D eigenvalue weighted by Crippen LogP contribution is -2.01. The first-order valence-corrected chi connectivity index (χ1v) is 19.8. The molecule has 0 bridgehead atoms. The number of nitrogens with zero attached hydrogens (tertiary/aromatic N) is 6. The van der Waals surface area contributed by atoms with Gasteiger partial charge in [0.1, 0.15) is 11.6 Å². The number of benzene rings is 8. The fraction of sp³-hybridized carbons (Fsp3) is 0. The quantitative estimate of drug-likeness (QED) is 0.158. The second kappa shape index (κ2) is 14.1. The van der Waals surface area contributed by atoms with Gasteiger partial charge in [0.05, 0.1) is 40.0 Å². The van der Waals surface area contributed by atoms with Crippen molar-refractivity contribution in [2.45, 2.75) is 0 Å². The van der Waals surface area contributed by atoms with Crippen molar-refractivity contribution in [3.63, 3.8) is 0 Å². The van der Waals surface area contributed by atoms with Crippen molar-refractivity contribution >= 4 is 49.3 Å². The summed E-state index contributed by atoms with van der Waals surface area (Å²) in [7, 11) is 0. The number of aromatic nitrogens is 4. The summed E-state index contributed by atoms with van der Waals surface area (Å²) in [6.45, 7) is 8.57. The van der Waals surface area contributed by atoms with Gasteiger partial charge in [0.2, 0.25) is 0 Å². The van der Waals surface area contributed by atoms with Crippen LogP contribution in [0.25, 0.3) is 105 Å².